The zero-order valence-electron chi connectivity index (χ0n) is 14.9. The minimum atomic E-state index is 0.367. The maximum atomic E-state index is 6.51. The second kappa shape index (κ2) is 6.97. The summed E-state index contributed by atoms with van der Waals surface area (Å²) >= 11 is 0. The van der Waals surface area contributed by atoms with Gasteiger partial charge in [0.25, 0.3) is 0 Å². The van der Waals surface area contributed by atoms with E-state index in [0.29, 0.717) is 23.5 Å². The van der Waals surface area contributed by atoms with Crippen LogP contribution in [-0.4, -0.2) is 55.1 Å². The molecule has 0 aromatic carbocycles. The molecule has 1 saturated carbocycles. The van der Waals surface area contributed by atoms with Crippen molar-refractivity contribution in [3.05, 3.63) is 0 Å². The van der Waals surface area contributed by atoms with Gasteiger partial charge in [-0.3, -0.25) is 4.90 Å². The van der Waals surface area contributed by atoms with Crippen molar-refractivity contribution in [1.29, 1.82) is 0 Å². The topological polar surface area (TPSA) is 32.5 Å². The maximum absolute atomic E-state index is 6.51. The fraction of sp³-hybridized carbons (Fsp3) is 1.00. The molecule has 0 bridgehead atoms. The standard InChI is InChI=1S/C18H37N3/c1-6-18(2,3)14-9-10-16(19)17(12-14)21(5)15-8-7-11-20(4)13-15/h14-17H,6-13,19H2,1-5H3. The molecule has 1 heterocycles. The lowest BCUT2D eigenvalue weighted by molar-refractivity contribution is 0.0311. The van der Waals surface area contributed by atoms with Crippen LogP contribution in [-0.2, 0) is 0 Å². The number of rotatable bonds is 4. The molecule has 124 valence electrons. The maximum Gasteiger partial charge on any atom is 0.0250 e. The van der Waals surface area contributed by atoms with E-state index in [1.54, 1.807) is 0 Å². The van der Waals surface area contributed by atoms with Crippen molar-refractivity contribution >= 4 is 0 Å². The largest absolute Gasteiger partial charge is 0.326 e. The first-order valence-corrected chi connectivity index (χ1v) is 9.01. The highest BCUT2D eigenvalue weighted by atomic mass is 15.2. The molecule has 3 heteroatoms. The lowest BCUT2D eigenvalue weighted by Gasteiger charge is -2.48. The first kappa shape index (κ1) is 17.2. The van der Waals surface area contributed by atoms with E-state index in [1.165, 1.54) is 51.6 Å². The van der Waals surface area contributed by atoms with Gasteiger partial charge in [-0.15, -0.1) is 0 Å². The molecule has 3 nitrogen and oxygen atoms in total. The van der Waals surface area contributed by atoms with E-state index in [1.807, 2.05) is 0 Å². The number of hydrogen-bond donors (Lipinski definition) is 1. The van der Waals surface area contributed by atoms with Gasteiger partial charge < -0.3 is 10.6 Å². The van der Waals surface area contributed by atoms with Gasteiger partial charge in [0.05, 0.1) is 0 Å². The van der Waals surface area contributed by atoms with Crippen LogP contribution in [0.25, 0.3) is 0 Å². The third kappa shape index (κ3) is 4.00. The molecular formula is C18H37N3. The fourth-order valence-electron chi connectivity index (χ4n) is 4.38. The third-order valence-electron chi connectivity index (χ3n) is 6.58. The van der Waals surface area contributed by atoms with Gasteiger partial charge in [0.1, 0.15) is 0 Å². The van der Waals surface area contributed by atoms with Crippen LogP contribution in [0, 0.1) is 11.3 Å². The number of likely N-dealkylation sites (tertiary alicyclic amines) is 1. The number of nitrogens with zero attached hydrogens (tertiary/aromatic N) is 2. The number of likely N-dealkylation sites (N-methyl/N-ethyl adjacent to an activating group) is 2. The monoisotopic (exact) mass is 295 g/mol. The predicted octanol–water partition coefficient (Wildman–Crippen LogP) is 2.94. The minimum Gasteiger partial charge on any atom is -0.326 e. The van der Waals surface area contributed by atoms with E-state index >= 15 is 0 Å². The second-order valence-electron chi connectivity index (χ2n) is 8.31. The Balaban J connectivity index is 2.02. The molecule has 1 saturated heterocycles. The van der Waals surface area contributed by atoms with Crippen molar-refractivity contribution in [3.8, 4) is 0 Å². The van der Waals surface area contributed by atoms with E-state index in [0.717, 1.165) is 5.92 Å². The Morgan fingerprint density at radius 2 is 1.95 bits per heavy atom. The second-order valence-corrected chi connectivity index (χ2v) is 8.31. The molecule has 0 amide bonds. The molecule has 0 aromatic heterocycles. The zero-order valence-corrected chi connectivity index (χ0v) is 14.9. The Morgan fingerprint density at radius 1 is 1.24 bits per heavy atom. The molecule has 0 spiro atoms. The number of piperidine rings is 1. The first-order chi connectivity index (χ1) is 9.85. The lowest BCUT2D eigenvalue weighted by Crippen LogP contribution is -2.57. The minimum absolute atomic E-state index is 0.367. The van der Waals surface area contributed by atoms with Crippen LogP contribution in [0.15, 0.2) is 0 Å². The summed E-state index contributed by atoms with van der Waals surface area (Å²) in [4.78, 5) is 5.12. The lowest BCUT2D eigenvalue weighted by atomic mass is 9.67. The van der Waals surface area contributed by atoms with Crippen LogP contribution in [0.1, 0.15) is 59.3 Å². The molecule has 21 heavy (non-hydrogen) atoms. The van der Waals surface area contributed by atoms with Crippen LogP contribution in [0.3, 0.4) is 0 Å². The van der Waals surface area contributed by atoms with E-state index in [2.05, 4.69) is 44.7 Å². The number of nitrogens with two attached hydrogens (primary N) is 1. The summed E-state index contributed by atoms with van der Waals surface area (Å²) in [7, 11) is 4.58. The molecule has 0 aromatic rings. The van der Waals surface area contributed by atoms with Gasteiger partial charge in [-0.1, -0.05) is 27.2 Å². The Labute approximate surface area is 132 Å². The van der Waals surface area contributed by atoms with Crippen molar-refractivity contribution in [1.82, 2.24) is 9.80 Å². The van der Waals surface area contributed by atoms with Gasteiger partial charge in [-0.2, -0.15) is 0 Å². The molecule has 0 radical (unpaired) electrons. The molecule has 4 atom stereocenters. The highest BCUT2D eigenvalue weighted by Crippen LogP contribution is 2.41. The summed E-state index contributed by atoms with van der Waals surface area (Å²) < 4.78 is 0. The van der Waals surface area contributed by atoms with Crippen molar-refractivity contribution < 1.29 is 0 Å². The van der Waals surface area contributed by atoms with Gasteiger partial charge in [-0.25, -0.2) is 0 Å². The summed E-state index contributed by atoms with van der Waals surface area (Å²) in [6, 6.07) is 1.64. The smallest absolute Gasteiger partial charge is 0.0250 e. The Morgan fingerprint density at radius 3 is 2.57 bits per heavy atom. The van der Waals surface area contributed by atoms with Crippen molar-refractivity contribution in [2.24, 2.45) is 17.1 Å². The molecule has 2 fully saturated rings. The zero-order chi connectivity index (χ0) is 15.6. The Bertz CT molecular complexity index is 328. The van der Waals surface area contributed by atoms with E-state index in [9.17, 15) is 0 Å². The Hall–Kier alpha value is -0.120. The highest BCUT2D eigenvalue weighted by Gasteiger charge is 2.39. The molecular weight excluding hydrogens is 258 g/mol. The van der Waals surface area contributed by atoms with Crippen LogP contribution in [0.2, 0.25) is 0 Å². The average molecular weight is 296 g/mol. The summed E-state index contributed by atoms with van der Waals surface area (Å²) in [6.07, 6.45) is 7.75. The van der Waals surface area contributed by atoms with Crippen LogP contribution in [0.4, 0.5) is 0 Å². The van der Waals surface area contributed by atoms with Gasteiger partial charge in [0.15, 0.2) is 0 Å². The first-order valence-electron chi connectivity index (χ1n) is 9.01. The normalized spacial score (nSPS) is 36.1. The van der Waals surface area contributed by atoms with Crippen molar-refractivity contribution in [3.63, 3.8) is 0 Å². The predicted molar refractivity (Wildman–Crippen MR) is 91.5 cm³/mol. The highest BCUT2D eigenvalue weighted by molar-refractivity contribution is 4.95. The molecule has 2 rings (SSSR count). The molecule has 1 aliphatic heterocycles. The molecule has 2 aliphatic rings. The molecule has 4 unspecified atom stereocenters. The van der Waals surface area contributed by atoms with Gasteiger partial charge in [-0.05, 0) is 64.1 Å². The fourth-order valence-corrected chi connectivity index (χ4v) is 4.38. The van der Waals surface area contributed by atoms with E-state index < -0.39 is 0 Å². The van der Waals surface area contributed by atoms with E-state index in [4.69, 9.17) is 5.73 Å². The SMILES string of the molecule is CCC(C)(C)C1CCC(N)C(N(C)C2CCCN(C)C2)C1. The van der Waals surface area contributed by atoms with E-state index in [-0.39, 0.29) is 0 Å². The number of hydrogen-bond acceptors (Lipinski definition) is 3. The van der Waals surface area contributed by atoms with Crippen molar-refractivity contribution in [2.75, 3.05) is 27.2 Å². The summed E-state index contributed by atoms with van der Waals surface area (Å²) in [5.41, 5.74) is 6.97. The third-order valence-corrected chi connectivity index (χ3v) is 6.58. The van der Waals surface area contributed by atoms with Crippen molar-refractivity contribution in [2.45, 2.75) is 77.4 Å². The molecule has 2 N–H and O–H groups in total. The quantitative estimate of drug-likeness (QED) is 0.865. The average Bonchev–Trinajstić information content (AvgIpc) is 2.47. The Kier molecular flexibility index (Phi) is 5.72. The van der Waals surface area contributed by atoms with Gasteiger partial charge in [0.2, 0.25) is 0 Å². The molecule has 1 aliphatic carbocycles. The van der Waals surface area contributed by atoms with Gasteiger partial charge in [0, 0.05) is 24.7 Å². The summed E-state index contributed by atoms with van der Waals surface area (Å²) in [5, 5.41) is 0. The van der Waals surface area contributed by atoms with Crippen LogP contribution >= 0.6 is 0 Å². The van der Waals surface area contributed by atoms with Crippen LogP contribution in [0.5, 0.6) is 0 Å². The summed E-state index contributed by atoms with van der Waals surface area (Å²) in [5.74, 6) is 0.830. The van der Waals surface area contributed by atoms with Gasteiger partial charge >= 0.3 is 0 Å². The van der Waals surface area contributed by atoms with Crippen LogP contribution < -0.4 is 5.73 Å². The summed E-state index contributed by atoms with van der Waals surface area (Å²) in [6.45, 7) is 9.69.